The summed E-state index contributed by atoms with van der Waals surface area (Å²) in [4.78, 5) is 17.0. The molecule has 1 aliphatic heterocycles. The number of piperidine rings is 1. The lowest BCUT2D eigenvalue weighted by molar-refractivity contribution is -0.135. The number of likely N-dealkylation sites (tertiary alicyclic amines) is 1. The first kappa shape index (κ1) is 18.9. The molecule has 1 saturated heterocycles. The maximum Gasteiger partial charge on any atom is 0.237 e. The van der Waals surface area contributed by atoms with Gasteiger partial charge in [-0.1, -0.05) is 37.3 Å². The van der Waals surface area contributed by atoms with Crippen LogP contribution in [0.2, 0.25) is 0 Å². The molecule has 1 aromatic carbocycles. The van der Waals surface area contributed by atoms with Gasteiger partial charge in [0.15, 0.2) is 0 Å². The van der Waals surface area contributed by atoms with Crippen LogP contribution in [0.5, 0.6) is 0 Å². The lowest BCUT2D eigenvalue weighted by atomic mass is 9.77. The fraction of sp³-hybridized carbons (Fsp3) is 0.650. The third-order valence-electron chi connectivity index (χ3n) is 5.50. The van der Waals surface area contributed by atoms with E-state index < -0.39 is 0 Å². The minimum atomic E-state index is 0.0708. The van der Waals surface area contributed by atoms with E-state index in [9.17, 15) is 9.90 Å². The van der Waals surface area contributed by atoms with Crippen LogP contribution in [-0.4, -0.2) is 53.1 Å². The SMILES string of the molecule is CCC1(CO)CCN(CC(=O)N(Cc2ccccc2)C(C)C)CC1. The van der Waals surface area contributed by atoms with Crippen molar-refractivity contribution in [1.29, 1.82) is 0 Å². The molecular weight excluding hydrogens is 300 g/mol. The highest BCUT2D eigenvalue weighted by Crippen LogP contribution is 2.34. The van der Waals surface area contributed by atoms with Gasteiger partial charge in [0.05, 0.1) is 6.54 Å². The Bertz CT molecular complexity index is 502. The number of hydrogen-bond donors (Lipinski definition) is 1. The number of rotatable bonds is 7. The van der Waals surface area contributed by atoms with Gasteiger partial charge in [0.2, 0.25) is 5.91 Å². The van der Waals surface area contributed by atoms with Gasteiger partial charge < -0.3 is 10.0 Å². The molecule has 0 atom stereocenters. The summed E-state index contributed by atoms with van der Waals surface area (Å²) in [5, 5.41) is 9.64. The molecular formula is C20H32N2O2. The van der Waals surface area contributed by atoms with Crippen LogP contribution in [0, 0.1) is 5.41 Å². The number of benzene rings is 1. The maximum atomic E-state index is 12.8. The summed E-state index contributed by atoms with van der Waals surface area (Å²) >= 11 is 0. The number of carbonyl (C=O) groups is 1. The second-order valence-corrected chi connectivity index (χ2v) is 7.39. The van der Waals surface area contributed by atoms with Crippen molar-refractivity contribution < 1.29 is 9.90 Å². The van der Waals surface area contributed by atoms with Crippen LogP contribution < -0.4 is 0 Å². The highest BCUT2D eigenvalue weighted by atomic mass is 16.3. The zero-order valence-corrected chi connectivity index (χ0v) is 15.4. The molecule has 1 fully saturated rings. The number of amides is 1. The molecule has 1 amide bonds. The van der Waals surface area contributed by atoms with Gasteiger partial charge in [-0.3, -0.25) is 9.69 Å². The number of aliphatic hydroxyl groups excluding tert-OH is 1. The van der Waals surface area contributed by atoms with E-state index in [1.165, 1.54) is 5.56 Å². The van der Waals surface area contributed by atoms with E-state index in [0.717, 1.165) is 32.4 Å². The Kier molecular flexibility index (Phi) is 6.81. The maximum absolute atomic E-state index is 12.8. The summed E-state index contributed by atoms with van der Waals surface area (Å²) in [7, 11) is 0. The number of aliphatic hydroxyl groups is 1. The monoisotopic (exact) mass is 332 g/mol. The molecule has 0 aliphatic carbocycles. The number of nitrogens with zero attached hydrogens (tertiary/aromatic N) is 2. The molecule has 4 nitrogen and oxygen atoms in total. The van der Waals surface area contributed by atoms with Crippen molar-refractivity contribution in [2.24, 2.45) is 5.41 Å². The molecule has 0 radical (unpaired) electrons. The standard InChI is InChI=1S/C20H32N2O2/c1-4-20(16-23)10-12-21(13-11-20)15-19(24)22(17(2)3)14-18-8-6-5-7-9-18/h5-9,17,23H,4,10-16H2,1-3H3. The van der Waals surface area contributed by atoms with Crippen LogP contribution in [0.15, 0.2) is 30.3 Å². The van der Waals surface area contributed by atoms with Gasteiger partial charge in [-0.05, 0) is 57.2 Å². The van der Waals surface area contributed by atoms with Crippen LogP contribution in [-0.2, 0) is 11.3 Å². The molecule has 1 aliphatic rings. The molecule has 1 heterocycles. The quantitative estimate of drug-likeness (QED) is 0.835. The van der Waals surface area contributed by atoms with Gasteiger partial charge in [-0.15, -0.1) is 0 Å². The van der Waals surface area contributed by atoms with E-state index in [1.807, 2.05) is 23.1 Å². The van der Waals surface area contributed by atoms with Crippen LogP contribution in [0.1, 0.15) is 45.6 Å². The van der Waals surface area contributed by atoms with Gasteiger partial charge >= 0.3 is 0 Å². The molecule has 0 bridgehead atoms. The molecule has 0 aromatic heterocycles. The van der Waals surface area contributed by atoms with E-state index >= 15 is 0 Å². The van der Waals surface area contributed by atoms with Gasteiger partial charge in [0, 0.05) is 19.2 Å². The molecule has 1 N–H and O–H groups in total. The average molecular weight is 332 g/mol. The van der Waals surface area contributed by atoms with Crippen molar-refractivity contribution in [3.05, 3.63) is 35.9 Å². The third-order valence-corrected chi connectivity index (χ3v) is 5.50. The average Bonchev–Trinajstić information content (AvgIpc) is 2.61. The first-order chi connectivity index (χ1) is 11.5. The predicted molar refractivity (Wildman–Crippen MR) is 97.6 cm³/mol. The molecule has 0 unspecified atom stereocenters. The largest absolute Gasteiger partial charge is 0.396 e. The van der Waals surface area contributed by atoms with Crippen LogP contribution in [0.3, 0.4) is 0 Å². The van der Waals surface area contributed by atoms with E-state index in [4.69, 9.17) is 0 Å². The van der Waals surface area contributed by atoms with Gasteiger partial charge in [0.25, 0.3) is 0 Å². The first-order valence-corrected chi connectivity index (χ1v) is 9.16. The minimum absolute atomic E-state index is 0.0708. The van der Waals surface area contributed by atoms with Crippen molar-refractivity contribution in [2.75, 3.05) is 26.2 Å². The molecule has 0 spiro atoms. The Morgan fingerprint density at radius 3 is 2.38 bits per heavy atom. The first-order valence-electron chi connectivity index (χ1n) is 9.16. The Balaban J connectivity index is 1.92. The van der Waals surface area contributed by atoms with Crippen molar-refractivity contribution in [1.82, 2.24) is 9.80 Å². The Morgan fingerprint density at radius 2 is 1.88 bits per heavy atom. The van der Waals surface area contributed by atoms with Crippen LogP contribution >= 0.6 is 0 Å². The molecule has 134 valence electrons. The van der Waals surface area contributed by atoms with Crippen LogP contribution in [0.4, 0.5) is 0 Å². The molecule has 24 heavy (non-hydrogen) atoms. The second kappa shape index (κ2) is 8.63. The summed E-state index contributed by atoms with van der Waals surface area (Å²) in [6, 6.07) is 10.4. The summed E-state index contributed by atoms with van der Waals surface area (Å²) in [5.41, 5.74) is 1.24. The second-order valence-electron chi connectivity index (χ2n) is 7.39. The summed E-state index contributed by atoms with van der Waals surface area (Å²) in [6.07, 6.45) is 2.97. The summed E-state index contributed by atoms with van der Waals surface area (Å²) < 4.78 is 0. The Morgan fingerprint density at radius 1 is 1.25 bits per heavy atom. The van der Waals surface area contributed by atoms with Crippen molar-refractivity contribution in [3.8, 4) is 0 Å². The number of carbonyl (C=O) groups excluding carboxylic acids is 1. The highest BCUT2D eigenvalue weighted by molar-refractivity contribution is 5.78. The fourth-order valence-corrected chi connectivity index (χ4v) is 3.43. The van der Waals surface area contributed by atoms with E-state index in [2.05, 4.69) is 37.8 Å². The summed E-state index contributed by atoms with van der Waals surface area (Å²) in [5.74, 6) is 0.196. The van der Waals surface area contributed by atoms with Crippen molar-refractivity contribution in [2.45, 2.75) is 52.6 Å². The highest BCUT2D eigenvalue weighted by Gasteiger charge is 2.33. The van der Waals surface area contributed by atoms with E-state index in [0.29, 0.717) is 13.1 Å². The summed E-state index contributed by atoms with van der Waals surface area (Å²) in [6.45, 7) is 9.51. The Hall–Kier alpha value is -1.39. The topological polar surface area (TPSA) is 43.8 Å². The van der Waals surface area contributed by atoms with Gasteiger partial charge in [-0.25, -0.2) is 0 Å². The van der Waals surface area contributed by atoms with Crippen LogP contribution in [0.25, 0.3) is 0 Å². The fourth-order valence-electron chi connectivity index (χ4n) is 3.43. The molecule has 0 saturated carbocycles. The van der Waals surface area contributed by atoms with E-state index in [-0.39, 0.29) is 24.0 Å². The normalized spacial score (nSPS) is 17.9. The van der Waals surface area contributed by atoms with Gasteiger partial charge in [-0.2, -0.15) is 0 Å². The third kappa shape index (κ3) is 4.81. The minimum Gasteiger partial charge on any atom is -0.396 e. The smallest absolute Gasteiger partial charge is 0.237 e. The molecule has 1 aromatic rings. The number of hydrogen-bond acceptors (Lipinski definition) is 3. The molecule has 2 rings (SSSR count). The lowest BCUT2D eigenvalue weighted by Crippen LogP contribution is -2.48. The van der Waals surface area contributed by atoms with Crippen molar-refractivity contribution in [3.63, 3.8) is 0 Å². The Labute approximate surface area is 146 Å². The molecule has 4 heteroatoms. The van der Waals surface area contributed by atoms with Gasteiger partial charge in [0.1, 0.15) is 0 Å². The zero-order chi connectivity index (χ0) is 17.6. The zero-order valence-electron chi connectivity index (χ0n) is 15.4. The predicted octanol–water partition coefficient (Wildman–Crippen LogP) is 2.91. The lowest BCUT2D eigenvalue weighted by Gasteiger charge is -2.40. The van der Waals surface area contributed by atoms with E-state index in [1.54, 1.807) is 0 Å². The van der Waals surface area contributed by atoms with Crippen molar-refractivity contribution >= 4 is 5.91 Å².